The topological polar surface area (TPSA) is 58.2 Å². The maximum absolute atomic E-state index is 12.1. The van der Waals surface area contributed by atoms with Crippen LogP contribution < -0.4 is 10.0 Å². The summed E-state index contributed by atoms with van der Waals surface area (Å²) in [5, 5.41) is 2.87. The second-order valence-electron chi connectivity index (χ2n) is 4.11. The number of hydrogen-bond donors (Lipinski definition) is 2. The van der Waals surface area contributed by atoms with Crippen molar-refractivity contribution >= 4 is 31.6 Å². The van der Waals surface area contributed by atoms with Crippen molar-refractivity contribution in [2.24, 2.45) is 0 Å². The minimum Gasteiger partial charge on any atom is -0.317 e. The minimum absolute atomic E-state index is 0.289. The Morgan fingerprint density at radius 2 is 2.00 bits per heavy atom. The van der Waals surface area contributed by atoms with Gasteiger partial charge in [0.15, 0.2) is 0 Å². The molecular formula is C11H15BrN2O2S. The molecule has 1 aromatic rings. The van der Waals surface area contributed by atoms with Gasteiger partial charge >= 0.3 is 0 Å². The second kappa shape index (κ2) is 5.37. The zero-order valence-corrected chi connectivity index (χ0v) is 11.7. The van der Waals surface area contributed by atoms with E-state index in [-0.39, 0.29) is 5.25 Å². The number of rotatable bonds is 3. The van der Waals surface area contributed by atoms with Crippen LogP contribution in [0.5, 0.6) is 0 Å². The molecule has 0 radical (unpaired) electrons. The first-order valence-corrected chi connectivity index (χ1v) is 7.90. The van der Waals surface area contributed by atoms with Crippen LogP contribution in [0.15, 0.2) is 28.7 Å². The molecule has 4 nitrogen and oxygen atoms in total. The predicted octanol–water partition coefficient (Wildman–Crippen LogP) is 1.94. The zero-order chi connectivity index (χ0) is 12.3. The van der Waals surface area contributed by atoms with Crippen molar-refractivity contribution in [3.63, 3.8) is 0 Å². The van der Waals surface area contributed by atoms with Crippen molar-refractivity contribution in [1.82, 2.24) is 5.32 Å². The number of anilines is 1. The van der Waals surface area contributed by atoms with E-state index in [9.17, 15) is 8.42 Å². The number of benzene rings is 1. The van der Waals surface area contributed by atoms with Crippen LogP contribution in [0.3, 0.4) is 0 Å². The fourth-order valence-corrected chi connectivity index (χ4v) is 3.78. The Balaban J connectivity index is 2.11. The van der Waals surface area contributed by atoms with Crippen molar-refractivity contribution in [3.05, 3.63) is 28.7 Å². The van der Waals surface area contributed by atoms with Gasteiger partial charge in [-0.1, -0.05) is 22.0 Å². The molecule has 0 atom stereocenters. The average Bonchev–Trinajstić information content (AvgIpc) is 2.29. The molecule has 94 valence electrons. The lowest BCUT2D eigenvalue weighted by atomic mass is 10.2. The molecule has 1 aliphatic heterocycles. The van der Waals surface area contributed by atoms with E-state index in [4.69, 9.17) is 0 Å². The summed E-state index contributed by atoms with van der Waals surface area (Å²) in [5.41, 5.74) is 0.609. The van der Waals surface area contributed by atoms with Gasteiger partial charge in [-0.3, -0.25) is 4.72 Å². The summed E-state index contributed by atoms with van der Waals surface area (Å²) >= 11 is 3.32. The quantitative estimate of drug-likeness (QED) is 0.895. The molecule has 1 saturated heterocycles. The lowest BCUT2D eigenvalue weighted by Gasteiger charge is -2.23. The predicted molar refractivity (Wildman–Crippen MR) is 72.6 cm³/mol. The summed E-state index contributed by atoms with van der Waals surface area (Å²) in [7, 11) is -3.26. The minimum atomic E-state index is -3.26. The van der Waals surface area contributed by atoms with E-state index in [2.05, 4.69) is 26.0 Å². The van der Waals surface area contributed by atoms with E-state index in [1.54, 1.807) is 12.1 Å². The number of hydrogen-bond acceptors (Lipinski definition) is 3. The highest BCUT2D eigenvalue weighted by atomic mass is 79.9. The van der Waals surface area contributed by atoms with E-state index < -0.39 is 10.0 Å². The molecule has 2 N–H and O–H groups in total. The van der Waals surface area contributed by atoms with Gasteiger partial charge in [0.05, 0.1) is 5.25 Å². The van der Waals surface area contributed by atoms with Gasteiger partial charge in [0, 0.05) is 10.2 Å². The van der Waals surface area contributed by atoms with Crippen LogP contribution in [0.1, 0.15) is 12.8 Å². The van der Waals surface area contributed by atoms with E-state index >= 15 is 0 Å². The van der Waals surface area contributed by atoms with Gasteiger partial charge in [0.1, 0.15) is 0 Å². The van der Waals surface area contributed by atoms with Crippen LogP contribution in [-0.4, -0.2) is 26.8 Å². The standard InChI is InChI=1S/C11H15BrN2O2S/c12-9-2-1-3-10(8-9)14-17(15,16)11-4-6-13-7-5-11/h1-3,8,11,13-14H,4-7H2. The van der Waals surface area contributed by atoms with Crippen LogP contribution in [-0.2, 0) is 10.0 Å². The first-order chi connectivity index (χ1) is 8.08. The molecule has 0 spiro atoms. The van der Waals surface area contributed by atoms with Crippen molar-refractivity contribution in [1.29, 1.82) is 0 Å². The van der Waals surface area contributed by atoms with E-state index in [1.165, 1.54) is 0 Å². The van der Waals surface area contributed by atoms with Crippen molar-refractivity contribution in [2.75, 3.05) is 17.8 Å². The normalized spacial score (nSPS) is 17.9. The van der Waals surface area contributed by atoms with E-state index in [0.29, 0.717) is 18.5 Å². The lowest BCUT2D eigenvalue weighted by molar-refractivity contribution is 0.499. The van der Waals surface area contributed by atoms with Crippen LogP contribution >= 0.6 is 15.9 Å². The van der Waals surface area contributed by atoms with Crippen LogP contribution in [0.25, 0.3) is 0 Å². The highest BCUT2D eigenvalue weighted by Crippen LogP contribution is 2.20. The first-order valence-electron chi connectivity index (χ1n) is 5.56. The number of sulfonamides is 1. The molecule has 1 heterocycles. The highest BCUT2D eigenvalue weighted by molar-refractivity contribution is 9.10. The SMILES string of the molecule is O=S(=O)(Nc1cccc(Br)c1)C1CCNCC1. The molecule has 1 fully saturated rings. The molecule has 0 saturated carbocycles. The molecular weight excluding hydrogens is 304 g/mol. The Hall–Kier alpha value is -0.590. The van der Waals surface area contributed by atoms with Crippen LogP contribution in [0, 0.1) is 0 Å². The molecule has 6 heteroatoms. The van der Waals surface area contributed by atoms with Crippen LogP contribution in [0.4, 0.5) is 5.69 Å². The Bertz CT molecular complexity index is 484. The van der Waals surface area contributed by atoms with Crippen LogP contribution in [0.2, 0.25) is 0 Å². The summed E-state index contributed by atoms with van der Waals surface area (Å²) in [6.45, 7) is 1.54. The third-order valence-corrected chi connectivity index (χ3v) is 5.17. The molecule has 1 aromatic carbocycles. The van der Waals surface area contributed by atoms with Crippen molar-refractivity contribution in [2.45, 2.75) is 18.1 Å². The molecule has 0 bridgehead atoms. The maximum Gasteiger partial charge on any atom is 0.235 e. The van der Waals surface area contributed by atoms with Gasteiger partial charge in [-0.25, -0.2) is 8.42 Å². The third kappa shape index (κ3) is 3.43. The summed E-state index contributed by atoms with van der Waals surface area (Å²) in [6.07, 6.45) is 1.34. The van der Waals surface area contributed by atoms with Gasteiger partial charge < -0.3 is 5.32 Å². The number of halogens is 1. The molecule has 0 aromatic heterocycles. The van der Waals surface area contributed by atoms with Gasteiger partial charge in [-0.05, 0) is 44.1 Å². The van der Waals surface area contributed by atoms with Gasteiger partial charge in [-0.15, -0.1) is 0 Å². The van der Waals surface area contributed by atoms with Gasteiger partial charge in [0.25, 0.3) is 0 Å². The molecule has 2 rings (SSSR count). The molecule has 17 heavy (non-hydrogen) atoms. The molecule has 0 unspecified atom stereocenters. The third-order valence-electron chi connectivity index (χ3n) is 2.81. The Morgan fingerprint density at radius 3 is 2.65 bits per heavy atom. The number of nitrogens with one attached hydrogen (secondary N) is 2. The fraction of sp³-hybridized carbons (Fsp3) is 0.455. The van der Waals surface area contributed by atoms with Gasteiger partial charge in [0.2, 0.25) is 10.0 Å². The average molecular weight is 319 g/mol. The van der Waals surface area contributed by atoms with Crippen molar-refractivity contribution in [3.8, 4) is 0 Å². The zero-order valence-electron chi connectivity index (χ0n) is 9.32. The van der Waals surface area contributed by atoms with E-state index in [1.807, 2.05) is 12.1 Å². The highest BCUT2D eigenvalue weighted by Gasteiger charge is 2.26. The number of piperidine rings is 1. The molecule has 1 aliphatic rings. The Kier molecular flexibility index (Phi) is 4.06. The molecule has 0 aliphatic carbocycles. The Labute approximate surface area is 110 Å². The fourth-order valence-electron chi connectivity index (χ4n) is 1.91. The van der Waals surface area contributed by atoms with E-state index in [0.717, 1.165) is 17.6 Å². The largest absolute Gasteiger partial charge is 0.317 e. The summed E-state index contributed by atoms with van der Waals surface area (Å²) in [5.74, 6) is 0. The smallest absolute Gasteiger partial charge is 0.235 e. The maximum atomic E-state index is 12.1. The van der Waals surface area contributed by atoms with Crippen molar-refractivity contribution < 1.29 is 8.42 Å². The monoisotopic (exact) mass is 318 g/mol. The summed E-state index contributed by atoms with van der Waals surface area (Å²) in [4.78, 5) is 0. The summed E-state index contributed by atoms with van der Waals surface area (Å²) in [6, 6.07) is 7.19. The van der Waals surface area contributed by atoms with Gasteiger partial charge in [-0.2, -0.15) is 0 Å². The second-order valence-corrected chi connectivity index (χ2v) is 6.98. The Morgan fingerprint density at radius 1 is 1.29 bits per heavy atom. The first kappa shape index (κ1) is 12.9. The summed E-state index contributed by atoms with van der Waals surface area (Å²) < 4.78 is 27.7. The molecule has 0 amide bonds. The lowest BCUT2D eigenvalue weighted by Crippen LogP contribution is -2.38.